The minimum absolute atomic E-state index is 0.0456. The fourth-order valence-corrected chi connectivity index (χ4v) is 2.14. The molecule has 2 atom stereocenters. The number of carbonyl (C=O) groups is 2. The van der Waals surface area contributed by atoms with E-state index in [1.165, 1.54) is 18.2 Å². The van der Waals surface area contributed by atoms with E-state index in [-0.39, 0.29) is 18.7 Å². The number of aliphatic hydroxyl groups is 1. The first kappa shape index (κ1) is 15.3. The van der Waals surface area contributed by atoms with Crippen molar-refractivity contribution < 1.29 is 27.9 Å². The summed E-state index contributed by atoms with van der Waals surface area (Å²) in [6.45, 7) is -0.416. The van der Waals surface area contributed by atoms with E-state index in [4.69, 9.17) is 0 Å². The van der Waals surface area contributed by atoms with Crippen LogP contribution in [0.15, 0.2) is 24.3 Å². The highest BCUT2D eigenvalue weighted by Gasteiger charge is 2.39. The molecule has 1 aromatic rings. The normalized spacial score (nSPS) is 22.0. The lowest BCUT2D eigenvalue weighted by atomic mass is 10.0. The summed E-state index contributed by atoms with van der Waals surface area (Å²) < 4.78 is 38.3. The summed E-state index contributed by atoms with van der Waals surface area (Å²) in [6.07, 6.45) is -5.69. The Labute approximate surface area is 118 Å². The maximum Gasteiger partial charge on any atom is 0.416 e. The molecule has 2 rings (SSSR count). The minimum Gasteiger partial charge on any atom is -0.390 e. The fourth-order valence-electron chi connectivity index (χ4n) is 2.14. The standard InChI is InChI=1S/C13H13F3N2O3/c14-13(15,16)8-4-2-1-3-7(8)5-17-11(20)10-9(19)6-18-12(10)21/h1-4,9-10,19H,5-6H2,(H,17,20)(H,18,21). The van der Waals surface area contributed by atoms with Crippen molar-refractivity contribution in [1.82, 2.24) is 10.6 Å². The van der Waals surface area contributed by atoms with E-state index in [0.717, 1.165) is 6.07 Å². The summed E-state index contributed by atoms with van der Waals surface area (Å²) in [4.78, 5) is 23.1. The van der Waals surface area contributed by atoms with E-state index in [9.17, 15) is 27.9 Å². The lowest BCUT2D eigenvalue weighted by Crippen LogP contribution is -2.39. The van der Waals surface area contributed by atoms with Crippen molar-refractivity contribution in [3.63, 3.8) is 0 Å². The summed E-state index contributed by atoms with van der Waals surface area (Å²) in [5, 5.41) is 14.0. The second-order valence-electron chi connectivity index (χ2n) is 4.66. The van der Waals surface area contributed by atoms with Crippen molar-refractivity contribution in [2.45, 2.75) is 18.8 Å². The van der Waals surface area contributed by atoms with Crippen LogP contribution in [0.3, 0.4) is 0 Å². The van der Waals surface area contributed by atoms with Gasteiger partial charge >= 0.3 is 6.18 Å². The average Bonchev–Trinajstić information content (AvgIpc) is 2.75. The Balaban J connectivity index is 2.07. The molecular formula is C13H13F3N2O3. The van der Waals surface area contributed by atoms with Crippen molar-refractivity contribution in [1.29, 1.82) is 0 Å². The van der Waals surface area contributed by atoms with Gasteiger partial charge in [0.15, 0.2) is 0 Å². The monoisotopic (exact) mass is 302 g/mol. The lowest BCUT2D eigenvalue weighted by molar-refractivity contribution is -0.139. The Hall–Kier alpha value is -2.09. The van der Waals surface area contributed by atoms with Crippen LogP contribution in [0.1, 0.15) is 11.1 Å². The Bertz CT molecular complexity index is 560. The molecule has 1 aliphatic heterocycles. The second kappa shape index (κ2) is 5.72. The third-order valence-electron chi connectivity index (χ3n) is 3.21. The number of rotatable bonds is 3. The molecule has 0 spiro atoms. The van der Waals surface area contributed by atoms with Crippen LogP contribution in [0, 0.1) is 5.92 Å². The molecule has 2 amide bonds. The molecule has 0 radical (unpaired) electrons. The van der Waals surface area contributed by atoms with Crippen LogP contribution in [0.4, 0.5) is 13.2 Å². The van der Waals surface area contributed by atoms with Crippen molar-refractivity contribution >= 4 is 11.8 Å². The number of β-amino-alcohol motifs (C(OH)–C–C–N with tert-alkyl or cyclic N) is 1. The molecule has 0 saturated carbocycles. The highest BCUT2D eigenvalue weighted by atomic mass is 19.4. The number of aliphatic hydroxyl groups excluding tert-OH is 1. The van der Waals surface area contributed by atoms with Crippen LogP contribution in [-0.2, 0) is 22.3 Å². The van der Waals surface area contributed by atoms with Gasteiger partial charge < -0.3 is 15.7 Å². The molecule has 8 heteroatoms. The number of amides is 2. The van der Waals surface area contributed by atoms with Crippen molar-refractivity contribution in [2.75, 3.05) is 6.54 Å². The van der Waals surface area contributed by atoms with Gasteiger partial charge in [-0.05, 0) is 11.6 Å². The van der Waals surface area contributed by atoms with Gasteiger partial charge in [-0.15, -0.1) is 0 Å². The van der Waals surface area contributed by atoms with Crippen LogP contribution in [0.25, 0.3) is 0 Å². The summed E-state index contributed by atoms with van der Waals surface area (Å²) in [5.74, 6) is -2.72. The quantitative estimate of drug-likeness (QED) is 0.709. The van der Waals surface area contributed by atoms with Gasteiger partial charge in [-0.2, -0.15) is 13.2 Å². The van der Waals surface area contributed by atoms with E-state index >= 15 is 0 Å². The number of benzene rings is 1. The molecule has 1 heterocycles. The molecule has 1 aromatic carbocycles. The zero-order chi connectivity index (χ0) is 15.6. The highest BCUT2D eigenvalue weighted by Crippen LogP contribution is 2.31. The molecule has 0 aromatic heterocycles. The van der Waals surface area contributed by atoms with Crippen molar-refractivity contribution in [3.05, 3.63) is 35.4 Å². The third kappa shape index (κ3) is 3.33. The largest absolute Gasteiger partial charge is 0.416 e. The first-order chi connectivity index (χ1) is 9.80. The Morgan fingerprint density at radius 1 is 1.38 bits per heavy atom. The number of nitrogens with one attached hydrogen (secondary N) is 2. The molecule has 21 heavy (non-hydrogen) atoms. The van der Waals surface area contributed by atoms with Gasteiger partial charge in [0, 0.05) is 13.1 Å². The molecule has 5 nitrogen and oxygen atoms in total. The van der Waals surface area contributed by atoms with Gasteiger partial charge in [0.2, 0.25) is 11.8 Å². The van der Waals surface area contributed by atoms with Crippen LogP contribution in [-0.4, -0.2) is 29.6 Å². The maximum absolute atomic E-state index is 12.8. The number of halogens is 3. The van der Waals surface area contributed by atoms with Gasteiger partial charge in [0.05, 0.1) is 11.7 Å². The smallest absolute Gasteiger partial charge is 0.390 e. The van der Waals surface area contributed by atoms with Gasteiger partial charge in [-0.25, -0.2) is 0 Å². The summed E-state index contributed by atoms with van der Waals surface area (Å²) in [5.41, 5.74) is -0.951. The first-order valence-electron chi connectivity index (χ1n) is 6.19. The van der Waals surface area contributed by atoms with E-state index in [2.05, 4.69) is 10.6 Å². The van der Waals surface area contributed by atoms with Crippen molar-refractivity contribution in [3.8, 4) is 0 Å². The third-order valence-corrected chi connectivity index (χ3v) is 3.21. The van der Waals surface area contributed by atoms with Crippen LogP contribution in [0.2, 0.25) is 0 Å². The van der Waals surface area contributed by atoms with Crippen LogP contribution >= 0.6 is 0 Å². The van der Waals surface area contributed by atoms with E-state index in [1.54, 1.807) is 0 Å². The molecular weight excluding hydrogens is 289 g/mol. The molecule has 1 fully saturated rings. The highest BCUT2D eigenvalue weighted by molar-refractivity contribution is 6.02. The van der Waals surface area contributed by atoms with Crippen LogP contribution < -0.4 is 10.6 Å². The van der Waals surface area contributed by atoms with Crippen molar-refractivity contribution in [2.24, 2.45) is 5.92 Å². The summed E-state index contributed by atoms with van der Waals surface area (Å²) in [7, 11) is 0. The SMILES string of the molecule is O=C(NCc1ccccc1C(F)(F)F)C1C(=O)NCC1O. The molecule has 114 valence electrons. The second-order valence-corrected chi connectivity index (χ2v) is 4.66. The van der Waals surface area contributed by atoms with Gasteiger partial charge in [0.1, 0.15) is 5.92 Å². The fraction of sp³-hybridized carbons (Fsp3) is 0.385. The number of hydrogen-bond acceptors (Lipinski definition) is 3. The summed E-state index contributed by atoms with van der Waals surface area (Å²) >= 11 is 0. The Kier molecular flexibility index (Phi) is 4.17. The Morgan fingerprint density at radius 3 is 2.62 bits per heavy atom. The molecule has 1 saturated heterocycles. The predicted molar refractivity (Wildman–Crippen MR) is 65.8 cm³/mol. The van der Waals surface area contributed by atoms with E-state index in [0.29, 0.717) is 0 Å². The topological polar surface area (TPSA) is 78.4 Å². The number of alkyl halides is 3. The zero-order valence-corrected chi connectivity index (χ0v) is 10.8. The van der Waals surface area contributed by atoms with E-state index in [1.807, 2.05) is 0 Å². The minimum atomic E-state index is -4.52. The first-order valence-corrected chi connectivity index (χ1v) is 6.19. The molecule has 0 aliphatic carbocycles. The predicted octanol–water partition coefficient (Wildman–Crippen LogP) is 0.428. The Morgan fingerprint density at radius 2 is 2.05 bits per heavy atom. The van der Waals surface area contributed by atoms with Gasteiger partial charge in [-0.1, -0.05) is 18.2 Å². The molecule has 3 N–H and O–H groups in total. The number of carbonyl (C=O) groups excluding carboxylic acids is 2. The lowest BCUT2D eigenvalue weighted by Gasteiger charge is -2.15. The summed E-state index contributed by atoms with van der Waals surface area (Å²) in [6, 6.07) is 4.84. The zero-order valence-electron chi connectivity index (χ0n) is 10.8. The number of hydrogen-bond donors (Lipinski definition) is 3. The van der Waals surface area contributed by atoms with Crippen LogP contribution in [0.5, 0.6) is 0 Å². The molecule has 1 aliphatic rings. The molecule has 2 unspecified atom stereocenters. The average molecular weight is 302 g/mol. The van der Waals surface area contributed by atoms with E-state index < -0.39 is 35.6 Å². The molecule has 0 bridgehead atoms. The maximum atomic E-state index is 12.8. The van der Waals surface area contributed by atoms with Gasteiger partial charge in [0.25, 0.3) is 0 Å². The van der Waals surface area contributed by atoms with Gasteiger partial charge in [-0.3, -0.25) is 9.59 Å².